The van der Waals surface area contributed by atoms with E-state index in [9.17, 15) is 10.2 Å². The summed E-state index contributed by atoms with van der Waals surface area (Å²) in [5.41, 5.74) is 1.66. The monoisotopic (exact) mass is 271 g/mol. The van der Waals surface area contributed by atoms with Gasteiger partial charge in [0.15, 0.2) is 17.7 Å². The molecule has 1 heterocycles. The number of ether oxygens (including phenoxy) is 1. The van der Waals surface area contributed by atoms with Crippen LogP contribution in [0.15, 0.2) is 42.5 Å². The highest BCUT2D eigenvalue weighted by molar-refractivity contribution is 5.74. The number of phenolic OH excluding ortho intramolecular Hbond substituents is 1. The molecule has 0 aliphatic rings. The van der Waals surface area contributed by atoms with Crippen molar-refractivity contribution in [2.24, 2.45) is 0 Å². The minimum absolute atomic E-state index is 0.109. The van der Waals surface area contributed by atoms with Crippen LogP contribution in [-0.2, 0) is 0 Å². The summed E-state index contributed by atoms with van der Waals surface area (Å²) in [4.78, 5) is 0. The molecule has 0 unspecified atom stereocenters. The van der Waals surface area contributed by atoms with Crippen LogP contribution in [0.3, 0.4) is 0 Å². The Labute approximate surface area is 114 Å². The Balaban J connectivity index is 2.11. The van der Waals surface area contributed by atoms with Crippen molar-refractivity contribution in [3.8, 4) is 11.5 Å². The smallest absolute Gasteiger partial charge is 0.179 e. The predicted octanol–water partition coefficient (Wildman–Crippen LogP) is 1.68. The highest BCUT2D eigenvalue weighted by Gasteiger charge is 2.19. The van der Waals surface area contributed by atoms with Gasteiger partial charge >= 0.3 is 0 Å². The molecular weight excluding hydrogens is 258 g/mol. The van der Waals surface area contributed by atoms with E-state index in [0.717, 1.165) is 0 Å². The molecule has 0 saturated heterocycles. The van der Waals surface area contributed by atoms with E-state index in [0.29, 0.717) is 22.3 Å². The van der Waals surface area contributed by atoms with E-state index < -0.39 is 6.23 Å². The van der Waals surface area contributed by atoms with Crippen LogP contribution >= 0.6 is 0 Å². The second kappa shape index (κ2) is 4.82. The lowest BCUT2D eigenvalue weighted by Crippen LogP contribution is -2.12. The molecule has 0 bridgehead atoms. The summed E-state index contributed by atoms with van der Waals surface area (Å²) in [6, 6.07) is 12.2. The molecule has 0 aliphatic heterocycles. The summed E-state index contributed by atoms with van der Waals surface area (Å²) in [6.07, 6.45) is -1.14. The van der Waals surface area contributed by atoms with Crippen molar-refractivity contribution in [1.82, 2.24) is 15.0 Å². The Morgan fingerprint density at radius 3 is 2.75 bits per heavy atom. The maximum absolute atomic E-state index is 10.4. The largest absolute Gasteiger partial charge is 0.504 e. The molecule has 20 heavy (non-hydrogen) atoms. The Bertz CT molecular complexity index is 754. The topological polar surface area (TPSA) is 80.4 Å². The number of hydrogen-bond acceptors (Lipinski definition) is 5. The number of nitrogens with zero attached hydrogens (tertiary/aromatic N) is 3. The normalized spacial score (nSPS) is 12.5. The predicted molar refractivity (Wildman–Crippen MR) is 72.5 cm³/mol. The molecular formula is C14H13N3O3. The molecule has 1 atom stereocenters. The van der Waals surface area contributed by atoms with Gasteiger partial charge in [0.2, 0.25) is 0 Å². The number of para-hydroxylation sites is 2. The molecule has 6 nitrogen and oxygen atoms in total. The van der Waals surface area contributed by atoms with Gasteiger partial charge in [-0.05, 0) is 18.2 Å². The van der Waals surface area contributed by atoms with Gasteiger partial charge in [-0.25, -0.2) is 4.68 Å². The maximum Gasteiger partial charge on any atom is 0.179 e. The Kier molecular flexibility index (Phi) is 3.00. The zero-order valence-corrected chi connectivity index (χ0v) is 10.8. The van der Waals surface area contributed by atoms with Crippen molar-refractivity contribution in [1.29, 1.82) is 0 Å². The highest BCUT2D eigenvalue weighted by atomic mass is 16.5. The van der Waals surface area contributed by atoms with E-state index in [1.807, 2.05) is 12.1 Å². The summed E-state index contributed by atoms with van der Waals surface area (Å²) in [7, 11) is 1.45. The minimum Gasteiger partial charge on any atom is -0.504 e. The number of aromatic nitrogens is 3. The van der Waals surface area contributed by atoms with E-state index in [-0.39, 0.29) is 5.75 Å². The van der Waals surface area contributed by atoms with Gasteiger partial charge in [0.25, 0.3) is 0 Å². The lowest BCUT2D eigenvalue weighted by molar-refractivity contribution is 0.130. The number of rotatable bonds is 3. The first kappa shape index (κ1) is 12.4. The minimum atomic E-state index is -1.14. The van der Waals surface area contributed by atoms with Crippen molar-refractivity contribution in [2.45, 2.75) is 6.23 Å². The number of phenols is 1. The lowest BCUT2D eigenvalue weighted by Gasteiger charge is -2.15. The van der Waals surface area contributed by atoms with Gasteiger partial charge in [-0.3, -0.25) is 0 Å². The number of hydrogen-bond donors (Lipinski definition) is 2. The Morgan fingerprint density at radius 2 is 1.95 bits per heavy atom. The molecule has 0 spiro atoms. The van der Waals surface area contributed by atoms with Crippen LogP contribution in [0, 0.1) is 0 Å². The molecule has 0 radical (unpaired) electrons. The number of fused-ring (bicyclic) bond motifs is 1. The Morgan fingerprint density at radius 1 is 1.15 bits per heavy atom. The zero-order chi connectivity index (χ0) is 14.1. The standard InChI is InChI=1S/C14H13N3O3/c1-20-12-8-4-5-9(13(12)18)14(19)17-11-7-3-2-6-10(11)15-16-17/h2-8,14,18-19H,1H3/t14-/m0/s1. The van der Waals surface area contributed by atoms with Gasteiger partial charge in [0.05, 0.1) is 12.6 Å². The van der Waals surface area contributed by atoms with E-state index in [4.69, 9.17) is 4.74 Å². The van der Waals surface area contributed by atoms with Gasteiger partial charge < -0.3 is 14.9 Å². The molecule has 3 rings (SSSR count). The number of methoxy groups -OCH3 is 1. The third-order valence-corrected chi connectivity index (χ3v) is 3.14. The Hall–Kier alpha value is -2.60. The van der Waals surface area contributed by atoms with Crippen molar-refractivity contribution in [3.63, 3.8) is 0 Å². The first-order valence-electron chi connectivity index (χ1n) is 6.06. The molecule has 2 N–H and O–H groups in total. The number of aromatic hydroxyl groups is 1. The molecule has 6 heteroatoms. The van der Waals surface area contributed by atoms with Crippen molar-refractivity contribution < 1.29 is 14.9 Å². The average molecular weight is 271 g/mol. The zero-order valence-electron chi connectivity index (χ0n) is 10.8. The van der Waals surface area contributed by atoms with Crippen molar-refractivity contribution in [2.75, 3.05) is 7.11 Å². The molecule has 0 fully saturated rings. The highest BCUT2D eigenvalue weighted by Crippen LogP contribution is 2.34. The number of aliphatic hydroxyl groups is 1. The van der Waals surface area contributed by atoms with E-state index >= 15 is 0 Å². The van der Waals surface area contributed by atoms with E-state index in [1.165, 1.54) is 11.8 Å². The first-order chi connectivity index (χ1) is 9.72. The summed E-state index contributed by atoms with van der Waals surface area (Å²) in [5, 5.41) is 28.4. The lowest BCUT2D eigenvalue weighted by atomic mass is 10.1. The van der Waals surface area contributed by atoms with Gasteiger partial charge in [0.1, 0.15) is 5.52 Å². The molecule has 3 aromatic rings. The van der Waals surface area contributed by atoms with Crippen LogP contribution in [0.2, 0.25) is 0 Å². The fourth-order valence-corrected chi connectivity index (χ4v) is 2.11. The number of aliphatic hydroxyl groups excluding tert-OH is 1. The summed E-state index contributed by atoms with van der Waals surface area (Å²) >= 11 is 0. The van der Waals surface area contributed by atoms with Gasteiger partial charge in [0, 0.05) is 5.56 Å². The molecule has 1 aromatic heterocycles. The van der Waals surface area contributed by atoms with Crippen LogP contribution < -0.4 is 4.74 Å². The third-order valence-electron chi connectivity index (χ3n) is 3.14. The first-order valence-corrected chi connectivity index (χ1v) is 6.06. The molecule has 102 valence electrons. The van der Waals surface area contributed by atoms with Crippen LogP contribution in [0.5, 0.6) is 11.5 Å². The molecule has 0 saturated carbocycles. The van der Waals surface area contributed by atoms with Crippen molar-refractivity contribution in [3.05, 3.63) is 48.0 Å². The second-order valence-corrected chi connectivity index (χ2v) is 4.29. The van der Waals surface area contributed by atoms with E-state index in [1.54, 1.807) is 30.3 Å². The average Bonchev–Trinajstić information content (AvgIpc) is 2.91. The maximum atomic E-state index is 10.4. The summed E-state index contributed by atoms with van der Waals surface area (Å²) in [5.74, 6) is 0.188. The molecule has 2 aromatic carbocycles. The van der Waals surface area contributed by atoms with Gasteiger partial charge in [-0.2, -0.15) is 0 Å². The fraction of sp³-hybridized carbons (Fsp3) is 0.143. The second-order valence-electron chi connectivity index (χ2n) is 4.29. The molecule has 0 aliphatic carbocycles. The summed E-state index contributed by atoms with van der Waals surface area (Å²) < 4.78 is 6.39. The van der Waals surface area contributed by atoms with Crippen molar-refractivity contribution >= 4 is 11.0 Å². The summed E-state index contributed by atoms with van der Waals surface area (Å²) in [6.45, 7) is 0. The van der Waals surface area contributed by atoms with Crippen LogP contribution in [-0.4, -0.2) is 32.3 Å². The SMILES string of the molecule is COc1cccc([C@H](O)n2nnc3ccccc32)c1O. The van der Waals surface area contributed by atoms with Gasteiger partial charge in [-0.1, -0.05) is 29.5 Å². The van der Waals surface area contributed by atoms with Gasteiger partial charge in [-0.15, -0.1) is 5.10 Å². The van der Waals surface area contributed by atoms with Crippen LogP contribution in [0.1, 0.15) is 11.8 Å². The molecule has 0 amide bonds. The van der Waals surface area contributed by atoms with E-state index in [2.05, 4.69) is 10.3 Å². The number of benzene rings is 2. The van der Waals surface area contributed by atoms with Crippen LogP contribution in [0.4, 0.5) is 0 Å². The van der Waals surface area contributed by atoms with Crippen LogP contribution in [0.25, 0.3) is 11.0 Å². The third kappa shape index (κ3) is 1.86. The fourth-order valence-electron chi connectivity index (χ4n) is 2.11. The quantitative estimate of drug-likeness (QED) is 0.757.